The summed E-state index contributed by atoms with van der Waals surface area (Å²) in [6.45, 7) is 3.10. The third kappa shape index (κ3) is 6.95. The van der Waals surface area contributed by atoms with E-state index < -0.39 is 29.4 Å². The van der Waals surface area contributed by atoms with Crippen LogP contribution >= 0.6 is 0 Å². The van der Waals surface area contributed by atoms with Crippen LogP contribution in [0, 0.1) is 23.5 Å². The molecule has 39 heavy (non-hydrogen) atoms. The van der Waals surface area contributed by atoms with Gasteiger partial charge in [-0.2, -0.15) is 0 Å². The second-order valence-electron chi connectivity index (χ2n) is 10.2. The standard InChI is InChI=1S/C31H33F2N3O3/c1-20(29(37)35-19-22-4-2-3-21(17-22)18-34)23-9-15-28(16-10-23)36(30(38)24-5-11-26(32)12-6-24)31(39)25-7-13-27(33)14-8-25/h5-16,20-22H,2-4,17-19,34H2,1H3,(H,35,37). The molecule has 0 bridgehead atoms. The Hall–Kier alpha value is -3.91. The third-order valence-electron chi connectivity index (χ3n) is 7.42. The van der Waals surface area contributed by atoms with Crippen molar-refractivity contribution in [2.24, 2.45) is 17.6 Å². The molecule has 3 aromatic carbocycles. The summed E-state index contributed by atoms with van der Waals surface area (Å²) >= 11 is 0. The lowest BCUT2D eigenvalue weighted by Gasteiger charge is -2.28. The van der Waals surface area contributed by atoms with Crippen molar-refractivity contribution >= 4 is 23.4 Å². The van der Waals surface area contributed by atoms with Crippen LogP contribution in [0.3, 0.4) is 0 Å². The van der Waals surface area contributed by atoms with Crippen LogP contribution in [0.25, 0.3) is 0 Å². The molecular formula is C31H33F2N3O3. The maximum absolute atomic E-state index is 13.4. The molecule has 3 N–H and O–H groups in total. The summed E-state index contributed by atoms with van der Waals surface area (Å²) in [5, 5.41) is 3.06. The van der Waals surface area contributed by atoms with E-state index in [1.165, 1.54) is 24.3 Å². The summed E-state index contributed by atoms with van der Waals surface area (Å²) in [4.78, 5) is 40.6. The molecule has 0 heterocycles. The maximum Gasteiger partial charge on any atom is 0.265 e. The summed E-state index contributed by atoms with van der Waals surface area (Å²) in [6.07, 6.45) is 4.39. The Morgan fingerprint density at radius 2 is 1.36 bits per heavy atom. The summed E-state index contributed by atoms with van der Waals surface area (Å²) in [6, 6.07) is 16.3. The van der Waals surface area contributed by atoms with Crippen LogP contribution in [0.2, 0.25) is 0 Å². The first-order valence-corrected chi connectivity index (χ1v) is 13.2. The number of carbonyl (C=O) groups excluding carboxylic acids is 3. The molecule has 1 saturated carbocycles. The lowest BCUT2D eigenvalue weighted by molar-refractivity contribution is -0.122. The van der Waals surface area contributed by atoms with Gasteiger partial charge < -0.3 is 11.1 Å². The van der Waals surface area contributed by atoms with Gasteiger partial charge in [0.2, 0.25) is 5.91 Å². The van der Waals surface area contributed by atoms with Crippen molar-refractivity contribution in [1.82, 2.24) is 5.32 Å². The van der Waals surface area contributed by atoms with Gasteiger partial charge in [0.05, 0.1) is 11.6 Å². The average Bonchev–Trinajstić information content (AvgIpc) is 2.96. The molecular weight excluding hydrogens is 500 g/mol. The Labute approximate surface area is 227 Å². The number of anilines is 1. The summed E-state index contributed by atoms with van der Waals surface area (Å²) in [5.74, 6) is -1.94. The minimum atomic E-state index is -0.661. The molecule has 6 nitrogen and oxygen atoms in total. The van der Waals surface area contributed by atoms with E-state index in [0.29, 0.717) is 24.9 Å². The number of nitrogens with one attached hydrogen (secondary N) is 1. The number of nitrogens with zero attached hydrogens (tertiary/aromatic N) is 1. The van der Waals surface area contributed by atoms with E-state index in [9.17, 15) is 23.2 Å². The first-order chi connectivity index (χ1) is 18.8. The summed E-state index contributed by atoms with van der Waals surface area (Å²) in [7, 11) is 0. The van der Waals surface area contributed by atoms with Gasteiger partial charge in [-0.15, -0.1) is 0 Å². The van der Waals surface area contributed by atoms with Gasteiger partial charge in [-0.25, -0.2) is 13.7 Å². The van der Waals surface area contributed by atoms with Crippen molar-refractivity contribution in [2.75, 3.05) is 18.0 Å². The molecule has 3 unspecified atom stereocenters. The molecule has 0 aliphatic heterocycles. The molecule has 1 fully saturated rings. The molecule has 0 spiro atoms. The molecule has 3 aromatic rings. The Morgan fingerprint density at radius 1 is 0.846 bits per heavy atom. The predicted molar refractivity (Wildman–Crippen MR) is 146 cm³/mol. The number of nitrogens with two attached hydrogens (primary N) is 1. The van der Waals surface area contributed by atoms with Gasteiger partial charge in [-0.05, 0) is 111 Å². The highest BCUT2D eigenvalue weighted by Crippen LogP contribution is 2.28. The fraction of sp³-hybridized carbons (Fsp3) is 0.323. The minimum absolute atomic E-state index is 0.0979. The number of carbonyl (C=O) groups is 3. The SMILES string of the molecule is CC(C(=O)NCC1CCCC(CN)C1)c1ccc(N(C(=O)c2ccc(F)cc2)C(=O)c2ccc(F)cc2)cc1. The smallest absolute Gasteiger partial charge is 0.265 e. The zero-order chi connectivity index (χ0) is 27.9. The minimum Gasteiger partial charge on any atom is -0.355 e. The third-order valence-corrected chi connectivity index (χ3v) is 7.42. The number of halogens is 2. The molecule has 0 radical (unpaired) electrons. The molecule has 0 aromatic heterocycles. The van der Waals surface area contributed by atoms with Crippen molar-refractivity contribution in [3.63, 3.8) is 0 Å². The van der Waals surface area contributed by atoms with Crippen LogP contribution in [0.4, 0.5) is 14.5 Å². The van der Waals surface area contributed by atoms with E-state index in [0.717, 1.165) is 60.4 Å². The monoisotopic (exact) mass is 533 g/mol. The van der Waals surface area contributed by atoms with Crippen LogP contribution < -0.4 is 16.0 Å². The number of hydrogen-bond donors (Lipinski definition) is 2. The van der Waals surface area contributed by atoms with Crippen LogP contribution in [0.15, 0.2) is 72.8 Å². The molecule has 1 aliphatic carbocycles. The zero-order valence-corrected chi connectivity index (χ0v) is 21.9. The van der Waals surface area contributed by atoms with E-state index in [4.69, 9.17) is 5.73 Å². The lowest BCUT2D eigenvalue weighted by atomic mass is 9.81. The molecule has 3 atom stereocenters. The fourth-order valence-electron chi connectivity index (χ4n) is 5.03. The highest BCUT2D eigenvalue weighted by molar-refractivity contribution is 6.25. The second kappa shape index (κ2) is 12.8. The normalized spacial score (nSPS) is 17.7. The van der Waals surface area contributed by atoms with Crippen LogP contribution in [0.1, 0.15) is 64.8 Å². The number of imide groups is 1. The van der Waals surface area contributed by atoms with Gasteiger partial charge in [0.25, 0.3) is 11.8 Å². The Balaban J connectivity index is 1.51. The predicted octanol–water partition coefficient (Wildman–Crippen LogP) is 5.44. The fourth-order valence-corrected chi connectivity index (χ4v) is 5.03. The Bertz CT molecular complexity index is 1240. The van der Waals surface area contributed by atoms with Crippen LogP contribution in [-0.4, -0.2) is 30.8 Å². The van der Waals surface area contributed by atoms with E-state index in [1.54, 1.807) is 31.2 Å². The number of benzene rings is 3. The first kappa shape index (κ1) is 28.1. The highest BCUT2D eigenvalue weighted by atomic mass is 19.1. The summed E-state index contributed by atoms with van der Waals surface area (Å²) < 4.78 is 26.9. The quantitative estimate of drug-likeness (QED) is 0.378. The van der Waals surface area contributed by atoms with Crippen LogP contribution in [-0.2, 0) is 4.79 Å². The topological polar surface area (TPSA) is 92.5 Å². The lowest BCUT2D eigenvalue weighted by Crippen LogP contribution is -2.37. The van der Waals surface area contributed by atoms with Gasteiger partial charge in [0.15, 0.2) is 0 Å². The van der Waals surface area contributed by atoms with E-state index in [1.807, 2.05) is 0 Å². The van der Waals surface area contributed by atoms with Gasteiger partial charge in [-0.1, -0.05) is 18.6 Å². The van der Waals surface area contributed by atoms with E-state index in [2.05, 4.69) is 5.32 Å². The number of amides is 3. The van der Waals surface area contributed by atoms with Crippen molar-refractivity contribution in [2.45, 2.75) is 38.5 Å². The highest BCUT2D eigenvalue weighted by Gasteiger charge is 2.27. The largest absolute Gasteiger partial charge is 0.355 e. The Morgan fingerprint density at radius 3 is 1.87 bits per heavy atom. The van der Waals surface area contributed by atoms with Crippen molar-refractivity contribution in [3.8, 4) is 0 Å². The van der Waals surface area contributed by atoms with Gasteiger partial charge >= 0.3 is 0 Å². The van der Waals surface area contributed by atoms with Gasteiger partial charge in [0.1, 0.15) is 11.6 Å². The zero-order valence-electron chi connectivity index (χ0n) is 21.9. The first-order valence-electron chi connectivity index (χ1n) is 13.2. The number of rotatable bonds is 8. The van der Waals surface area contributed by atoms with Crippen molar-refractivity contribution in [1.29, 1.82) is 0 Å². The average molecular weight is 534 g/mol. The molecule has 4 rings (SSSR count). The van der Waals surface area contributed by atoms with E-state index in [-0.39, 0.29) is 22.7 Å². The van der Waals surface area contributed by atoms with Gasteiger partial charge in [-0.3, -0.25) is 14.4 Å². The maximum atomic E-state index is 13.4. The van der Waals surface area contributed by atoms with Crippen molar-refractivity contribution < 1.29 is 23.2 Å². The molecule has 3 amide bonds. The molecule has 0 saturated heterocycles. The van der Waals surface area contributed by atoms with Gasteiger partial charge in [0, 0.05) is 17.7 Å². The second-order valence-corrected chi connectivity index (χ2v) is 10.2. The van der Waals surface area contributed by atoms with Crippen molar-refractivity contribution in [3.05, 3.63) is 101 Å². The Kier molecular flexibility index (Phi) is 9.19. The number of hydrogen-bond acceptors (Lipinski definition) is 4. The molecule has 204 valence electrons. The van der Waals surface area contributed by atoms with E-state index >= 15 is 0 Å². The molecule has 1 aliphatic rings. The van der Waals surface area contributed by atoms with Crippen LogP contribution in [0.5, 0.6) is 0 Å². The summed E-state index contributed by atoms with van der Waals surface area (Å²) in [5.41, 5.74) is 7.05. The molecule has 8 heteroatoms.